The van der Waals surface area contributed by atoms with E-state index < -0.39 is 0 Å². The van der Waals surface area contributed by atoms with Gasteiger partial charge in [0.1, 0.15) is 23.8 Å². The van der Waals surface area contributed by atoms with Gasteiger partial charge in [0, 0.05) is 45.0 Å². The summed E-state index contributed by atoms with van der Waals surface area (Å²) in [4.78, 5) is 17.9. The summed E-state index contributed by atoms with van der Waals surface area (Å²) >= 11 is 0. The summed E-state index contributed by atoms with van der Waals surface area (Å²) < 4.78 is 0. The Morgan fingerprint density at radius 1 is 0.852 bits per heavy atom. The van der Waals surface area contributed by atoms with Gasteiger partial charge < -0.3 is 15.1 Å². The van der Waals surface area contributed by atoms with Gasteiger partial charge in [-0.1, -0.05) is 35.9 Å². The van der Waals surface area contributed by atoms with Gasteiger partial charge in [-0.2, -0.15) is 0 Å². The van der Waals surface area contributed by atoms with Crippen LogP contribution in [0.1, 0.15) is 11.1 Å². The van der Waals surface area contributed by atoms with Gasteiger partial charge in [-0.05, 0) is 24.6 Å². The summed E-state index contributed by atoms with van der Waals surface area (Å²) in [6.07, 6.45) is 3.48. The molecule has 0 aliphatic carbocycles. The predicted octanol–water partition coefficient (Wildman–Crippen LogP) is 3.12. The Morgan fingerprint density at radius 2 is 1.59 bits per heavy atom. The molecule has 0 unspecified atom stereocenters. The minimum absolute atomic E-state index is 0.754. The molecule has 3 aromatic rings. The molecule has 6 nitrogen and oxygen atoms in total. The highest BCUT2D eigenvalue weighted by Crippen LogP contribution is 2.19. The molecule has 1 aliphatic rings. The second-order valence-electron chi connectivity index (χ2n) is 6.76. The van der Waals surface area contributed by atoms with Gasteiger partial charge in [-0.3, -0.25) is 0 Å². The summed E-state index contributed by atoms with van der Waals surface area (Å²) in [5, 5.41) is 3.40. The fourth-order valence-electron chi connectivity index (χ4n) is 3.22. The first-order chi connectivity index (χ1) is 13.3. The molecule has 6 heteroatoms. The Morgan fingerprint density at radius 3 is 2.30 bits per heavy atom. The SMILES string of the molecule is Cc1ccc(CNc2cc(N3CCN(c4ccccn4)CC3)ncn2)cc1. The molecule has 2 aromatic heterocycles. The van der Waals surface area contributed by atoms with Crippen molar-refractivity contribution in [2.45, 2.75) is 13.5 Å². The first-order valence-electron chi connectivity index (χ1n) is 9.30. The van der Waals surface area contributed by atoms with E-state index in [0.29, 0.717) is 0 Å². The number of hydrogen-bond acceptors (Lipinski definition) is 6. The monoisotopic (exact) mass is 360 g/mol. The minimum atomic E-state index is 0.754. The Hall–Kier alpha value is -3.15. The van der Waals surface area contributed by atoms with E-state index in [-0.39, 0.29) is 0 Å². The summed E-state index contributed by atoms with van der Waals surface area (Å²) in [6, 6.07) is 16.6. The molecule has 138 valence electrons. The average Bonchev–Trinajstić information content (AvgIpc) is 2.74. The second-order valence-corrected chi connectivity index (χ2v) is 6.76. The van der Waals surface area contributed by atoms with E-state index >= 15 is 0 Å². The zero-order valence-electron chi connectivity index (χ0n) is 15.5. The molecule has 1 fully saturated rings. The van der Waals surface area contributed by atoms with Crippen LogP contribution < -0.4 is 15.1 Å². The van der Waals surface area contributed by atoms with Gasteiger partial charge in [-0.15, -0.1) is 0 Å². The standard InChI is InChI=1S/C21H24N6/c1-17-5-7-18(8-6-17)15-23-19-14-21(25-16-24-19)27-12-10-26(11-13-27)20-4-2-3-9-22-20/h2-9,14,16H,10-13,15H2,1H3,(H,23,24,25). The Labute approximate surface area is 159 Å². The van der Waals surface area contributed by atoms with Gasteiger partial charge in [0.2, 0.25) is 0 Å². The lowest BCUT2D eigenvalue weighted by Crippen LogP contribution is -2.47. The van der Waals surface area contributed by atoms with Crippen LogP contribution in [0.25, 0.3) is 0 Å². The summed E-state index contributed by atoms with van der Waals surface area (Å²) in [7, 11) is 0. The molecule has 0 radical (unpaired) electrons. The Balaban J connectivity index is 1.36. The topological polar surface area (TPSA) is 57.2 Å². The van der Waals surface area contributed by atoms with Crippen molar-refractivity contribution in [1.29, 1.82) is 0 Å². The first kappa shape index (κ1) is 17.3. The van der Waals surface area contributed by atoms with Gasteiger partial charge >= 0.3 is 0 Å². The van der Waals surface area contributed by atoms with E-state index in [9.17, 15) is 0 Å². The quantitative estimate of drug-likeness (QED) is 0.754. The van der Waals surface area contributed by atoms with Crippen molar-refractivity contribution in [3.63, 3.8) is 0 Å². The largest absolute Gasteiger partial charge is 0.366 e. The normalized spacial score (nSPS) is 14.3. The molecule has 0 spiro atoms. The number of aromatic nitrogens is 3. The molecule has 4 rings (SSSR count). The van der Waals surface area contributed by atoms with Crippen LogP contribution in [0.3, 0.4) is 0 Å². The van der Waals surface area contributed by atoms with Crippen LogP contribution in [0, 0.1) is 6.92 Å². The molecule has 1 N–H and O–H groups in total. The van der Waals surface area contributed by atoms with Gasteiger partial charge in [0.15, 0.2) is 0 Å². The lowest BCUT2D eigenvalue weighted by Gasteiger charge is -2.36. The lowest BCUT2D eigenvalue weighted by atomic mass is 10.1. The third kappa shape index (κ3) is 4.34. The number of nitrogens with zero attached hydrogens (tertiary/aromatic N) is 5. The molecular weight excluding hydrogens is 336 g/mol. The van der Waals surface area contributed by atoms with Crippen LogP contribution in [0.15, 0.2) is 61.1 Å². The maximum atomic E-state index is 4.47. The van der Waals surface area contributed by atoms with Crippen LogP contribution in [-0.4, -0.2) is 41.1 Å². The maximum Gasteiger partial charge on any atom is 0.134 e. The maximum absolute atomic E-state index is 4.47. The number of piperazine rings is 1. The van der Waals surface area contributed by atoms with Crippen molar-refractivity contribution in [3.8, 4) is 0 Å². The second kappa shape index (κ2) is 8.03. The van der Waals surface area contributed by atoms with Crippen molar-refractivity contribution in [1.82, 2.24) is 15.0 Å². The third-order valence-electron chi connectivity index (χ3n) is 4.82. The predicted molar refractivity (Wildman–Crippen MR) is 109 cm³/mol. The Kier molecular flexibility index (Phi) is 5.14. The van der Waals surface area contributed by atoms with Crippen LogP contribution in [0.4, 0.5) is 17.5 Å². The van der Waals surface area contributed by atoms with E-state index in [4.69, 9.17) is 0 Å². The number of aryl methyl sites for hydroxylation is 1. The molecule has 0 saturated carbocycles. The highest BCUT2D eigenvalue weighted by molar-refractivity contribution is 5.50. The minimum Gasteiger partial charge on any atom is -0.366 e. The lowest BCUT2D eigenvalue weighted by molar-refractivity contribution is 0.641. The first-order valence-corrected chi connectivity index (χ1v) is 9.30. The van der Waals surface area contributed by atoms with E-state index in [0.717, 1.165) is 50.2 Å². The fraction of sp³-hybridized carbons (Fsp3) is 0.286. The molecule has 1 saturated heterocycles. The van der Waals surface area contributed by atoms with Crippen LogP contribution >= 0.6 is 0 Å². The van der Waals surface area contributed by atoms with Crippen LogP contribution in [-0.2, 0) is 6.54 Å². The highest BCUT2D eigenvalue weighted by atomic mass is 15.3. The number of nitrogens with one attached hydrogen (secondary N) is 1. The van der Waals surface area contributed by atoms with Crippen molar-refractivity contribution in [3.05, 3.63) is 72.2 Å². The highest BCUT2D eigenvalue weighted by Gasteiger charge is 2.19. The number of rotatable bonds is 5. The smallest absolute Gasteiger partial charge is 0.134 e. The van der Waals surface area contributed by atoms with Crippen molar-refractivity contribution in [2.24, 2.45) is 0 Å². The van der Waals surface area contributed by atoms with Gasteiger partial charge in [-0.25, -0.2) is 15.0 Å². The number of benzene rings is 1. The van der Waals surface area contributed by atoms with E-state index in [1.54, 1.807) is 6.33 Å². The summed E-state index contributed by atoms with van der Waals surface area (Å²) in [5.74, 6) is 2.87. The van der Waals surface area contributed by atoms with E-state index in [2.05, 4.69) is 67.3 Å². The molecule has 0 atom stereocenters. The fourth-order valence-corrected chi connectivity index (χ4v) is 3.22. The van der Waals surface area contributed by atoms with Crippen LogP contribution in [0.5, 0.6) is 0 Å². The molecule has 1 aliphatic heterocycles. The van der Waals surface area contributed by atoms with Crippen molar-refractivity contribution < 1.29 is 0 Å². The van der Waals surface area contributed by atoms with Crippen molar-refractivity contribution >= 4 is 17.5 Å². The molecule has 27 heavy (non-hydrogen) atoms. The number of hydrogen-bond donors (Lipinski definition) is 1. The molecule has 0 bridgehead atoms. The van der Waals surface area contributed by atoms with E-state index in [1.165, 1.54) is 11.1 Å². The van der Waals surface area contributed by atoms with Gasteiger partial charge in [0.05, 0.1) is 0 Å². The van der Waals surface area contributed by atoms with Crippen LogP contribution in [0.2, 0.25) is 0 Å². The summed E-state index contributed by atoms with van der Waals surface area (Å²) in [6.45, 7) is 6.57. The number of anilines is 3. The zero-order chi connectivity index (χ0) is 18.5. The summed E-state index contributed by atoms with van der Waals surface area (Å²) in [5.41, 5.74) is 2.51. The Bertz CT molecular complexity index is 857. The zero-order valence-corrected chi connectivity index (χ0v) is 15.5. The van der Waals surface area contributed by atoms with Gasteiger partial charge in [0.25, 0.3) is 0 Å². The molecule has 3 heterocycles. The molecular formula is C21H24N6. The molecule has 1 aromatic carbocycles. The number of pyridine rings is 1. The molecule has 0 amide bonds. The van der Waals surface area contributed by atoms with E-state index in [1.807, 2.05) is 24.4 Å². The van der Waals surface area contributed by atoms with Crippen molar-refractivity contribution in [2.75, 3.05) is 41.3 Å². The average molecular weight is 360 g/mol. The third-order valence-corrected chi connectivity index (χ3v) is 4.82.